The van der Waals surface area contributed by atoms with E-state index in [1.54, 1.807) is 11.0 Å². The summed E-state index contributed by atoms with van der Waals surface area (Å²) in [6.45, 7) is 4.64. The molecule has 1 aliphatic rings. The van der Waals surface area contributed by atoms with Gasteiger partial charge >= 0.3 is 0 Å². The molecule has 0 bridgehead atoms. The fraction of sp³-hybridized carbons (Fsp3) is 0.643. The molecule has 0 spiro atoms. The first kappa shape index (κ1) is 14.4. The van der Waals surface area contributed by atoms with Crippen LogP contribution in [0.1, 0.15) is 49.6 Å². The minimum absolute atomic E-state index is 0.00208. The molecule has 1 heterocycles. The number of hydrogen-bond donors (Lipinski definition) is 1. The van der Waals surface area contributed by atoms with Gasteiger partial charge in [0.2, 0.25) is 0 Å². The van der Waals surface area contributed by atoms with E-state index >= 15 is 0 Å². The van der Waals surface area contributed by atoms with Gasteiger partial charge in [0.15, 0.2) is 0 Å². The summed E-state index contributed by atoms with van der Waals surface area (Å²) >= 11 is 6.04. The smallest absolute Gasteiger partial charge is 0.270 e. The van der Waals surface area contributed by atoms with Crippen molar-refractivity contribution in [3.05, 3.63) is 23.0 Å². The molecule has 0 radical (unpaired) electrons. The summed E-state index contributed by atoms with van der Waals surface area (Å²) in [4.78, 5) is 14.4. The first-order chi connectivity index (χ1) is 9.04. The van der Waals surface area contributed by atoms with Gasteiger partial charge in [-0.15, -0.1) is 0 Å². The molecule has 0 aliphatic heterocycles. The zero-order valence-corrected chi connectivity index (χ0v) is 12.2. The number of rotatable bonds is 6. The van der Waals surface area contributed by atoms with Gasteiger partial charge < -0.3 is 14.6 Å². The van der Waals surface area contributed by atoms with Crippen LogP contribution in [-0.2, 0) is 0 Å². The zero-order chi connectivity index (χ0) is 14.0. The molecule has 0 atom stereocenters. The summed E-state index contributed by atoms with van der Waals surface area (Å²) in [7, 11) is 0. The largest absolute Gasteiger partial charge is 0.396 e. The second-order valence-corrected chi connectivity index (χ2v) is 5.79. The van der Waals surface area contributed by atoms with Crippen LogP contribution in [0, 0.1) is 0 Å². The van der Waals surface area contributed by atoms with E-state index < -0.39 is 0 Å². The minimum atomic E-state index is 0.00208. The van der Waals surface area contributed by atoms with Crippen molar-refractivity contribution in [2.24, 2.45) is 0 Å². The van der Waals surface area contributed by atoms with E-state index in [-0.39, 0.29) is 18.6 Å². The van der Waals surface area contributed by atoms with Crippen molar-refractivity contribution in [1.82, 2.24) is 9.47 Å². The van der Waals surface area contributed by atoms with Crippen LogP contribution in [0.25, 0.3) is 0 Å². The standard InChI is InChI=1S/C14H21ClN2O2/c1-10(2)16(6-3-7-18)14(19)13-8-11(15)9-17(13)12-4-5-12/h8-10,12,18H,3-7H2,1-2H3. The first-order valence-electron chi connectivity index (χ1n) is 6.83. The lowest BCUT2D eigenvalue weighted by molar-refractivity contribution is 0.0682. The van der Waals surface area contributed by atoms with Crippen LogP contribution in [0.4, 0.5) is 0 Å². The summed E-state index contributed by atoms with van der Waals surface area (Å²) in [5.74, 6) is 0.00208. The monoisotopic (exact) mass is 284 g/mol. The molecular weight excluding hydrogens is 264 g/mol. The van der Waals surface area contributed by atoms with E-state index in [4.69, 9.17) is 16.7 Å². The lowest BCUT2D eigenvalue weighted by Gasteiger charge is -2.27. The van der Waals surface area contributed by atoms with Gasteiger partial charge in [0.1, 0.15) is 5.69 Å². The van der Waals surface area contributed by atoms with Gasteiger partial charge in [-0.2, -0.15) is 0 Å². The number of amides is 1. The summed E-state index contributed by atoms with van der Waals surface area (Å²) in [5.41, 5.74) is 0.666. The number of nitrogens with zero attached hydrogens (tertiary/aromatic N) is 2. The van der Waals surface area contributed by atoms with Crippen LogP contribution in [0.2, 0.25) is 5.02 Å². The highest BCUT2D eigenvalue weighted by atomic mass is 35.5. The van der Waals surface area contributed by atoms with E-state index in [0.29, 0.717) is 29.7 Å². The fourth-order valence-electron chi connectivity index (χ4n) is 2.25. The van der Waals surface area contributed by atoms with E-state index in [1.165, 1.54) is 0 Å². The van der Waals surface area contributed by atoms with Gasteiger partial charge in [-0.3, -0.25) is 4.79 Å². The van der Waals surface area contributed by atoms with Crippen molar-refractivity contribution in [1.29, 1.82) is 0 Å². The van der Waals surface area contributed by atoms with Crippen molar-refractivity contribution in [3.8, 4) is 0 Å². The Bertz CT molecular complexity index is 452. The van der Waals surface area contributed by atoms with E-state index in [2.05, 4.69) is 0 Å². The average Bonchev–Trinajstić information content (AvgIpc) is 3.12. The molecule has 1 fully saturated rings. The van der Waals surface area contributed by atoms with Crippen LogP contribution < -0.4 is 0 Å². The Labute approximate surface area is 119 Å². The summed E-state index contributed by atoms with van der Waals surface area (Å²) < 4.78 is 2.00. The Morgan fingerprint density at radius 2 is 2.26 bits per heavy atom. The topological polar surface area (TPSA) is 45.5 Å². The highest BCUT2D eigenvalue weighted by Crippen LogP contribution is 2.37. The Hall–Kier alpha value is -1.00. The molecule has 5 heteroatoms. The number of hydrogen-bond acceptors (Lipinski definition) is 2. The SMILES string of the molecule is CC(C)N(CCCO)C(=O)c1cc(Cl)cn1C1CC1. The number of halogens is 1. The van der Waals surface area contributed by atoms with E-state index in [1.807, 2.05) is 24.6 Å². The van der Waals surface area contributed by atoms with Crippen molar-refractivity contribution >= 4 is 17.5 Å². The molecule has 1 aromatic heterocycles. The highest BCUT2D eigenvalue weighted by Gasteiger charge is 2.30. The minimum Gasteiger partial charge on any atom is -0.396 e. The third-order valence-electron chi connectivity index (χ3n) is 3.42. The zero-order valence-electron chi connectivity index (χ0n) is 11.5. The third kappa shape index (κ3) is 3.31. The summed E-state index contributed by atoms with van der Waals surface area (Å²) in [6.07, 6.45) is 4.67. The molecule has 0 aromatic carbocycles. The van der Waals surface area contributed by atoms with Gasteiger partial charge in [-0.25, -0.2) is 0 Å². The third-order valence-corrected chi connectivity index (χ3v) is 3.62. The molecule has 2 rings (SSSR count). The second-order valence-electron chi connectivity index (χ2n) is 5.35. The number of aliphatic hydroxyl groups is 1. The average molecular weight is 285 g/mol. The van der Waals surface area contributed by atoms with Crippen LogP contribution in [0.15, 0.2) is 12.3 Å². The molecule has 1 aromatic rings. The Kier molecular flexibility index (Phi) is 4.53. The Morgan fingerprint density at radius 1 is 1.58 bits per heavy atom. The van der Waals surface area contributed by atoms with Gasteiger partial charge in [-0.1, -0.05) is 11.6 Å². The Morgan fingerprint density at radius 3 is 2.79 bits per heavy atom. The molecule has 1 saturated carbocycles. The summed E-state index contributed by atoms with van der Waals surface area (Å²) in [6, 6.07) is 2.29. The van der Waals surface area contributed by atoms with Crippen molar-refractivity contribution in [2.75, 3.05) is 13.2 Å². The van der Waals surface area contributed by atoms with Crippen LogP contribution >= 0.6 is 11.6 Å². The van der Waals surface area contributed by atoms with Crippen LogP contribution in [0.5, 0.6) is 0 Å². The second kappa shape index (κ2) is 5.97. The maximum absolute atomic E-state index is 12.6. The van der Waals surface area contributed by atoms with Crippen molar-refractivity contribution in [3.63, 3.8) is 0 Å². The number of aliphatic hydroxyl groups excluding tert-OH is 1. The Balaban J connectivity index is 2.20. The van der Waals surface area contributed by atoms with Crippen LogP contribution in [-0.4, -0.2) is 39.7 Å². The molecule has 4 nitrogen and oxygen atoms in total. The maximum atomic E-state index is 12.6. The molecule has 1 aliphatic carbocycles. The predicted octanol–water partition coefficient (Wildman–Crippen LogP) is 2.71. The van der Waals surface area contributed by atoms with Crippen LogP contribution in [0.3, 0.4) is 0 Å². The fourth-order valence-corrected chi connectivity index (χ4v) is 2.46. The number of carbonyl (C=O) groups is 1. The number of aromatic nitrogens is 1. The maximum Gasteiger partial charge on any atom is 0.270 e. The molecule has 19 heavy (non-hydrogen) atoms. The first-order valence-corrected chi connectivity index (χ1v) is 7.21. The van der Waals surface area contributed by atoms with Gasteiger partial charge in [0.25, 0.3) is 5.91 Å². The molecule has 0 unspecified atom stereocenters. The predicted molar refractivity (Wildman–Crippen MR) is 75.6 cm³/mol. The molecule has 1 amide bonds. The molecular formula is C14H21ClN2O2. The summed E-state index contributed by atoms with van der Waals surface area (Å²) in [5, 5.41) is 9.55. The number of carbonyl (C=O) groups excluding carboxylic acids is 1. The van der Waals surface area contributed by atoms with Crippen molar-refractivity contribution < 1.29 is 9.90 Å². The normalized spacial score (nSPS) is 15.0. The molecule has 0 saturated heterocycles. The van der Waals surface area contributed by atoms with E-state index in [9.17, 15) is 4.79 Å². The van der Waals surface area contributed by atoms with Crippen molar-refractivity contribution in [2.45, 2.75) is 45.2 Å². The molecule has 1 N–H and O–H groups in total. The van der Waals surface area contributed by atoms with E-state index in [0.717, 1.165) is 12.8 Å². The highest BCUT2D eigenvalue weighted by molar-refractivity contribution is 6.31. The van der Waals surface area contributed by atoms with Gasteiger partial charge in [0, 0.05) is 31.4 Å². The lowest BCUT2D eigenvalue weighted by atomic mass is 10.2. The quantitative estimate of drug-likeness (QED) is 0.873. The van der Waals surface area contributed by atoms with Gasteiger partial charge in [-0.05, 0) is 39.2 Å². The molecule has 106 valence electrons. The lowest BCUT2D eigenvalue weighted by Crippen LogP contribution is -2.39. The van der Waals surface area contributed by atoms with Gasteiger partial charge in [0.05, 0.1) is 5.02 Å².